The summed E-state index contributed by atoms with van der Waals surface area (Å²) in [4.78, 5) is 33.2. The Bertz CT molecular complexity index is 1530. The minimum absolute atomic E-state index is 0.0405. The molecule has 1 aliphatic heterocycles. The zero-order chi connectivity index (χ0) is 24.9. The molecule has 0 spiro atoms. The van der Waals surface area contributed by atoms with Crippen LogP contribution >= 0.6 is 0 Å². The van der Waals surface area contributed by atoms with Gasteiger partial charge in [-0.2, -0.15) is 0 Å². The highest BCUT2D eigenvalue weighted by molar-refractivity contribution is 6.03. The summed E-state index contributed by atoms with van der Waals surface area (Å²) in [6, 6.07) is 20.3. The molecule has 0 radical (unpaired) electrons. The monoisotopic (exact) mass is 474 g/mol. The number of rotatable bonds is 8. The van der Waals surface area contributed by atoms with Crippen LogP contribution in [0.3, 0.4) is 0 Å². The Hall–Kier alpha value is -4.98. The summed E-state index contributed by atoms with van der Waals surface area (Å²) in [5.41, 5.74) is 5.79. The maximum absolute atomic E-state index is 12.9. The van der Waals surface area contributed by atoms with Gasteiger partial charge in [-0.1, -0.05) is 42.1 Å². The van der Waals surface area contributed by atoms with Crippen LogP contribution in [0.4, 0.5) is 5.69 Å². The highest BCUT2D eigenvalue weighted by atomic mass is 16.2. The average molecular weight is 475 g/mol. The van der Waals surface area contributed by atoms with Crippen LogP contribution in [0.25, 0.3) is 22.5 Å². The Morgan fingerprint density at radius 3 is 2.72 bits per heavy atom. The number of nitrogens with one attached hydrogen (secondary N) is 1. The second-order valence-corrected chi connectivity index (χ2v) is 8.19. The first kappa shape index (κ1) is 22.8. The van der Waals surface area contributed by atoms with Crippen LogP contribution in [0.15, 0.2) is 96.7 Å². The van der Waals surface area contributed by atoms with Gasteiger partial charge in [0.1, 0.15) is 11.4 Å². The van der Waals surface area contributed by atoms with Gasteiger partial charge in [-0.3, -0.25) is 14.6 Å². The molecule has 4 aromatic rings. The molecule has 0 fully saturated rings. The van der Waals surface area contributed by atoms with Crippen LogP contribution < -0.4 is 5.32 Å². The lowest BCUT2D eigenvalue weighted by Crippen LogP contribution is -2.14. The van der Waals surface area contributed by atoms with Gasteiger partial charge < -0.3 is 5.32 Å². The number of allylic oxidation sites excluding steroid dienone is 2. The van der Waals surface area contributed by atoms with E-state index in [9.17, 15) is 9.59 Å². The molecule has 1 aliphatic rings. The first-order valence-electron chi connectivity index (χ1n) is 11.3. The maximum atomic E-state index is 12.9. The molecule has 36 heavy (non-hydrogen) atoms. The lowest BCUT2D eigenvalue weighted by Gasteiger charge is -2.08. The largest absolute Gasteiger partial charge is 0.321 e. The van der Waals surface area contributed by atoms with Crippen molar-refractivity contribution in [3.8, 4) is 16.9 Å². The highest BCUT2D eigenvalue weighted by Gasteiger charge is 2.13. The Morgan fingerprint density at radius 1 is 1.03 bits per heavy atom. The number of pyridine rings is 1. The quantitative estimate of drug-likeness (QED) is 0.383. The molecule has 8 heteroatoms. The number of hydrogen-bond donors (Lipinski definition) is 1. The fourth-order valence-electron chi connectivity index (χ4n) is 3.81. The Labute approximate surface area is 207 Å². The lowest BCUT2D eigenvalue weighted by atomic mass is 10.0. The van der Waals surface area contributed by atoms with Gasteiger partial charge in [-0.25, -0.2) is 9.67 Å². The van der Waals surface area contributed by atoms with Crippen molar-refractivity contribution in [1.29, 1.82) is 0 Å². The number of ketones is 1. The molecule has 5 rings (SSSR count). The molecular formula is C28H22N6O2. The van der Waals surface area contributed by atoms with E-state index in [1.807, 2.05) is 60.7 Å². The maximum Gasteiger partial charge on any atom is 0.274 e. The fraction of sp³-hybridized carbons (Fsp3) is 0.0714. The van der Waals surface area contributed by atoms with E-state index in [1.54, 1.807) is 29.2 Å². The van der Waals surface area contributed by atoms with Crippen molar-refractivity contribution in [2.24, 2.45) is 4.99 Å². The van der Waals surface area contributed by atoms with Gasteiger partial charge in [-0.05, 0) is 54.1 Å². The lowest BCUT2D eigenvalue weighted by molar-refractivity contribution is -0.114. The summed E-state index contributed by atoms with van der Waals surface area (Å²) < 4.78 is 1.64. The Morgan fingerprint density at radius 2 is 1.89 bits per heavy atom. The summed E-state index contributed by atoms with van der Waals surface area (Å²) in [5.74, 6) is -0.347. The summed E-state index contributed by atoms with van der Waals surface area (Å²) in [5, 5.41) is 11.4. The van der Waals surface area contributed by atoms with Crippen molar-refractivity contribution in [2.45, 2.75) is 6.42 Å². The molecule has 0 unspecified atom stereocenters. The average Bonchev–Trinajstić information content (AvgIpc) is 3.62. The first-order chi connectivity index (χ1) is 17.6. The molecule has 176 valence electrons. The van der Waals surface area contributed by atoms with Crippen molar-refractivity contribution >= 4 is 29.2 Å². The summed E-state index contributed by atoms with van der Waals surface area (Å²) >= 11 is 0. The van der Waals surface area contributed by atoms with E-state index >= 15 is 0 Å². The van der Waals surface area contributed by atoms with Crippen molar-refractivity contribution in [3.63, 3.8) is 0 Å². The van der Waals surface area contributed by atoms with Gasteiger partial charge >= 0.3 is 0 Å². The number of nitrogens with zero attached hydrogens (tertiary/aromatic N) is 5. The third-order valence-corrected chi connectivity index (χ3v) is 5.64. The third-order valence-electron chi connectivity index (χ3n) is 5.64. The predicted molar refractivity (Wildman–Crippen MR) is 139 cm³/mol. The Kier molecular flexibility index (Phi) is 6.40. The molecule has 0 saturated carbocycles. The first-order valence-corrected chi connectivity index (χ1v) is 11.3. The van der Waals surface area contributed by atoms with Crippen molar-refractivity contribution in [2.75, 3.05) is 11.9 Å². The minimum atomic E-state index is -0.307. The van der Waals surface area contributed by atoms with Crippen LogP contribution in [-0.4, -0.2) is 44.4 Å². The summed E-state index contributed by atoms with van der Waals surface area (Å²) in [6.45, 7) is 4.09. The van der Waals surface area contributed by atoms with E-state index in [4.69, 9.17) is 0 Å². The smallest absolute Gasteiger partial charge is 0.274 e. The second-order valence-electron chi connectivity index (χ2n) is 8.19. The zero-order valence-corrected chi connectivity index (χ0v) is 19.3. The number of carbonyl (C=O) groups excluding carboxylic acids is 2. The van der Waals surface area contributed by atoms with E-state index in [1.165, 1.54) is 6.08 Å². The third kappa shape index (κ3) is 5.07. The number of aliphatic imine (C=N–C) groups is 1. The van der Waals surface area contributed by atoms with Crippen LogP contribution in [-0.2, 0) is 11.2 Å². The molecular weight excluding hydrogens is 452 g/mol. The molecule has 0 bridgehead atoms. The second kappa shape index (κ2) is 10.1. The minimum Gasteiger partial charge on any atom is -0.321 e. The number of benzene rings is 2. The van der Waals surface area contributed by atoms with Gasteiger partial charge in [0, 0.05) is 29.5 Å². The number of aromatic nitrogens is 4. The predicted octanol–water partition coefficient (Wildman–Crippen LogP) is 4.35. The van der Waals surface area contributed by atoms with Gasteiger partial charge in [0.05, 0.1) is 24.1 Å². The standard InChI is InChI=1S/C28H22N6O2/c1-2-24(35)15-19-6-3-7-20(14-19)27-18-34(33-32-27)23-9-4-8-22(16-23)30-28(36)26-11-5-10-25(31-26)21-12-13-29-17-21/h2-14,16,18H,1,15,17H2,(H,30,36). The van der Waals surface area contributed by atoms with Crippen LogP contribution in [0.1, 0.15) is 21.7 Å². The van der Waals surface area contributed by atoms with Crippen LogP contribution in [0, 0.1) is 0 Å². The van der Waals surface area contributed by atoms with E-state index < -0.39 is 0 Å². The molecule has 2 aromatic carbocycles. The van der Waals surface area contributed by atoms with Gasteiger partial charge in [0.2, 0.25) is 0 Å². The van der Waals surface area contributed by atoms with E-state index in [-0.39, 0.29) is 18.1 Å². The van der Waals surface area contributed by atoms with Crippen molar-refractivity contribution in [1.82, 2.24) is 20.0 Å². The molecule has 3 heterocycles. The molecule has 0 atom stereocenters. The molecule has 0 saturated heterocycles. The van der Waals surface area contributed by atoms with E-state index in [2.05, 4.69) is 32.2 Å². The summed E-state index contributed by atoms with van der Waals surface area (Å²) in [6.07, 6.45) is 7.06. The topological polar surface area (TPSA) is 102 Å². The normalized spacial score (nSPS) is 12.3. The van der Waals surface area contributed by atoms with Crippen molar-refractivity contribution < 1.29 is 9.59 Å². The SMILES string of the molecule is C=CC(=O)Cc1cccc(-c2cn(-c3cccc(NC(=O)c4cccc(C5=CC=NC5)n4)c3)nn2)c1. The van der Waals surface area contributed by atoms with Crippen molar-refractivity contribution in [3.05, 3.63) is 109 Å². The van der Waals surface area contributed by atoms with E-state index in [0.29, 0.717) is 23.6 Å². The van der Waals surface area contributed by atoms with E-state index in [0.717, 1.165) is 28.1 Å². The van der Waals surface area contributed by atoms with Gasteiger partial charge in [0.15, 0.2) is 5.78 Å². The number of hydrogen-bond acceptors (Lipinski definition) is 6. The summed E-state index contributed by atoms with van der Waals surface area (Å²) in [7, 11) is 0. The number of amides is 1. The molecule has 8 nitrogen and oxygen atoms in total. The van der Waals surface area contributed by atoms with Crippen LogP contribution in [0.2, 0.25) is 0 Å². The number of anilines is 1. The van der Waals surface area contributed by atoms with Gasteiger partial charge in [-0.15, -0.1) is 5.10 Å². The highest BCUT2D eigenvalue weighted by Crippen LogP contribution is 2.21. The van der Waals surface area contributed by atoms with Crippen LogP contribution in [0.5, 0.6) is 0 Å². The van der Waals surface area contributed by atoms with Gasteiger partial charge in [0.25, 0.3) is 5.91 Å². The molecule has 1 amide bonds. The Balaban J connectivity index is 1.32. The molecule has 2 aromatic heterocycles. The molecule has 1 N–H and O–H groups in total. The number of carbonyl (C=O) groups is 2. The molecule has 0 aliphatic carbocycles. The fourth-order valence-corrected chi connectivity index (χ4v) is 3.81. The zero-order valence-electron chi connectivity index (χ0n) is 19.3.